The Morgan fingerprint density at radius 2 is 1.93 bits per heavy atom. The Bertz CT molecular complexity index is 1500. The van der Waals surface area contributed by atoms with Crippen molar-refractivity contribution in [3.05, 3.63) is 108 Å². The average molecular weight is 596 g/mol. The van der Waals surface area contributed by atoms with Gasteiger partial charge in [-0.15, -0.1) is 6.58 Å². The zero-order chi connectivity index (χ0) is 31.5. The van der Waals surface area contributed by atoms with E-state index in [0.29, 0.717) is 30.4 Å². The molecule has 3 aliphatic carbocycles. The molecule has 1 saturated carbocycles. The van der Waals surface area contributed by atoms with Crippen molar-refractivity contribution in [2.24, 2.45) is 17.8 Å². The summed E-state index contributed by atoms with van der Waals surface area (Å²) in [5, 5.41) is 0. The minimum atomic E-state index is -1.79. The van der Waals surface area contributed by atoms with E-state index in [2.05, 4.69) is 32.2 Å². The summed E-state index contributed by atoms with van der Waals surface area (Å²) in [7, 11) is 0. The average Bonchev–Trinajstić information content (AvgIpc) is 3.44. The van der Waals surface area contributed by atoms with Crippen LogP contribution in [0.2, 0.25) is 0 Å². The molecular weight excluding hydrogens is 549 g/mol. The second-order valence-corrected chi connectivity index (χ2v) is 13.1. The van der Waals surface area contributed by atoms with Gasteiger partial charge in [0.15, 0.2) is 11.5 Å². The van der Waals surface area contributed by atoms with E-state index in [1.807, 2.05) is 37.4 Å². The summed E-state index contributed by atoms with van der Waals surface area (Å²) in [5.41, 5.74) is 3.73. The lowest BCUT2D eigenvalue weighted by Crippen LogP contribution is -2.36. The van der Waals surface area contributed by atoms with Crippen LogP contribution in [0.25, 0.3) is 5.57 Å². The SMILES string of the molecule is C=CC(F)(CC)C1=CC(c2ccoc2)=CCC2=C1CCC(C)C(C(=O)C1CCCC(C=C)(c3ncccc3C)CCC1)C2=O. The minimum Gasteiger partial charge on any atom is -0.472 e. The number of aryl methyl sites for hydroxylation is 1. The lowest BCUT2D eigenvalue weighted by Gasteiger charge is -2.35. The number of halogens is 1. The number of Topliss-reactive ketones (excluding diaryl/α,β-unsaturated/α-hetero) is 2. The molecule has 44 heavy (non-hydrogen) atoms. The standard InChI is InChI=1S/C39H46FNO3/c1-6-38(37-27(5)12-11-22-41-37)20-9-13-28(14-10-21-38)35(42)34-26(4)15-17-31-32(36(34)43)18-16-29(30-19-23-44-25-30)24-33(31)39(40,7-2)8-3/h6-7,11-12,16,19,22-26,28,34H,1-2,8-10,13-15,17-18,20-21H2,3-5H3. The minimum absolute atomic E-state index is 0.0657. The third-order valence-corrected chi connectivity index (χ3v) is 10.6. The molecule has 3 atom stereocenters. The topological polar surface area (TPSA) is 60.2 Å². The maximum Gasteiger partial charge on any atom is 0.170 e. The van der Waals surface area contributed by atoms with Gasteiger partial charge >= 0.3 is 0 Å². The molecule has 0 aromatic carbocycles. The van der Waals surface area contributed by atoms with Crippen LogP contribution in [0.3, 0.4) is 0 Å². The zero-order valence-electron chi connectivity index (χ0n) is 26.5. The Labute approximate surface area is 261 Å². The first kappa shape index (κ1) is 31.8. The number of carbonyl (C=O) groups excluding carboxylic acids is 2. The summed E-state index contributed by atoms with van der Waals surface area (Å²) in [6.45, 7) is 14.0. The van der Waals surface area contributed by atoms with Crippen molar-refractivity contribution < 1.29 is 18.4 Å². The molecule has 0 amide bonds. The number of rotatable bonds is 8. The van der Waals surface area contributed by atoms with Crippen molar-refractivity contribution in [1.29, 1.82) is 0 Å². The molecule has 3 aliphatic rings. The first-order valence-electron chi connectivity index (χ1n) is 16.3. The molecule has 0 N–H and O–H groups in total. The predicted molar refractivity (Wildman–Crippen MR) is 175 cm³/mol. The number of allylic oxidation sites excluding steroid dienone is 8. The van der Waals surface area contributed by atoms with Crippen LogP contribution in [0.15, 0.2) is 95.5 Å². The van der Waals surface area contributed by atoms with Crippen molar-refractivity contribution >= 4 is 17.1 Å². The second-order valence-electron chi connectivity index (χ2n) is 13.1. The Hall–Kier alpha value is -3.60. The molecule has 2 aromatic heterocycles. The van der Waals surface area contributed by atoms with Gasteiger partial charge in [0.2, 0.25) is 0 Å². The number of hydrogen-bond acceptors (Lipinski definition) is 4. The van der Waals surface area contributed by atoms with E-state index < -0.39 is 11.6 Å². The molecule has 4 nitrogen and oxygen atoms in total. The first-order chi connectivity index (χ1) is 21.2. The van der Waals surface area contributed by atoms with Gasteiger partial charge in [-0.05, 0) is 105 Å². The lowest BCUT2D eigenvalue weighted by molar-refractivity contribution is -0.136. The quantitative estimate of drug-likeness (QED) is 0.225. The van der Waals surface area contributed by atoms with E-state index in [-0.39, 0.29) is 35.2 Å². The summed E-state index contributed by atoms with van der Waals surface area (Å²) >= 11 is 0. The predicted octanol–water partition coefficient (Wildman–Crippen LogP) is 9.58. The molecule has 2 aromatic rings. The largest absolute Gasteiger partial charge is 0.472 e. The molecule has 232 valence electrons. The molecule has 0 saturated heterocycles. The van der Waals surface area contributed by atoms with Gasteiger partial charge in [-0.2, -0.15) is 0 Å². The van der Waals surface area contributed by atoms with Gasteiger partial charge in [-0.1, -0.05) is 57.6 Å². The van der Waals surface area contributed by atoms with Crippen LogP contribution in [-0.4, -0.2) is 22.2 Å². The Kier molecular flexibility index (Phi) is 9.53. The van der Waals surface area contributed by atoms with E-state index in [1.54, 1.807) is 19.5 Å². The van der Waals surface area contributed by atoms with Crippen molar-refractivity contribution in [3.63, 3.8) is 0 Å². The van der Waals surface area contributed by atoms with Crippen LogP contribution in [0.4, 0.5) is 4.39 Å². The monoisotopic (exact) mass is 595 g/mol. The van der Waals surface area contributed by atoms with Gasteiger partial charge in [-0.3, -0.25) is 14.6 Å². The van der Waals surface area contributed by atoms with Crippen LogP contribution in [0, 0.1) is 24.7 Å². The molecule has 2 heterocycles. The lowest BCUT2D eigenvalue weighted by atomic mass is 9.69. The second kappa shape index (κ2) is 13.2. The summed E-state index contributed by atoms with van der Waals surface area (Å²) in [6.07, 6.45) is 19.1. The van der Waals surface area contributed by atoms with Crippen molar-refractivity contribution in [3.8, 4) is 0 Å². The van der Waals surface area contributed by atoms with Crippen LogP contribution < -0.4 is 0 Å². The number of furan rings is 1. The summed E-state index contributed by atoms with van der Waals surface area (Å²) in [5.74, 6) is -1.05. The van der Waals surface area contributed by atoms with Gasteiger partial charge in [0.1, 0.15) is 5.78 Å². The Morgan fingerprint density at radius 1 is 1.18 bits per heavy atom. The van der Waals surface area contributed by atoms with Crippen LogP contribution in [0.5, 0.6) is 0 Å². The number of carbonyl (C=O) groups is 2. The van der Waals surface area contributed by atoms with Crippen molar-refractivity contribution in [2.45, 2.75) is 96.1 Å². The number of pyridine rings is 1. The Morgan fingerprint density at radius 3 is 2.55 bits per heavy atom. The highest BCUT2D eigenvalue weighted by Crippen LogP contribution is 2.46. The zero-order valence-corrected chi connectivity index (χ0v) is 26.5. The van der Waals surface area contributed by atoms with E-state index in [1.165, 1.54) is 11.6 Å². The van der Waals surface area contributed by atoms with Crippen LogP contribution in [-0.2, 0) is 15.0 Å². The first-order valence-corrected chi connectivity index (χ1v) is 16.3. The molecule has 0 bridgehead atoms. The smallest absolute Gasteiger partial charge is 0.170 e. The van der Waals surface area contributed by atoms with Gasteiger partial charge in [0.05, 0.1) is 24.1 Å². The van der Waals surface area contributed by atoms with Crippen LogP contribution >= 0.6 is 0 Å². The van der Waals surface area contributed by atoms with Crippen LogP contribution in [0.1, 0.15) is 94.9 Å². The summed E-state index contributed by atoms with van der Waals surface area (Å²) in [6, 6.07) is 5.91. The highest BCUT2D eigenvalue weighted by molar-refractivity contribution is 6.12. The fraction of sp³-hybridized carbons (Fsp3) is 0.462. The van der Waals surface area contributed by atoms with E-state index in [4.69, 9.17) is 9.40 Å². The molecule has 0 spiro atoms. The van der Waals surface area contributed by atoms with Gasteiger partial charge < -0.3 is 4.42 Å². The third kappa shape index (κ3) is 5.90. The summed E-state index contributed by atoms with van der Waals surface area (Å²) in [4.78, 5) is 33.6. The highest BCUT2D eigenvalue weighted by atomic mass is 19.1. The normalized spacial score (nSPS) is 27.8. The van der Waals surface area contributed by atoms with Gasteiger partial charge in [-0.25, -0.2) is 4.39 Å². The fourth-order valence-corrected chi connectivity index (χ4v) is 7.85. The molecule has 5 rings (SSSR count). The highest BCUT2D eigenvalue weighted by Gasteiger charge is 2.43. The maximum absolute atomic E-state index is 16.5. The van der Waals surface area contributed by atoms with Crippen molar-refractivity contribution in [2.75, 3.05) is 0 Å². The van der Waals surface area contributed by atoms with E-state index in [0.717, 1.165) is 60.9 Å². The Balaban J connectivity index is 1.43. The van der Waals surface area contributed by atoms with E-state index in [9.17, 15) is 9.59 Å². The fourth-order valence-electron chi connectivity index (χ4n) is 7.85. The van der Waals surface area contributed by atoms with E-state index >= 15 is 4.39 Å². The molecular formula is C39H46FNO3. The summed E-state index contributed by atoms with van der Waals surface area (Å²) < 4.78 is 21.8. The number of alkyl halides is 1. The number of nitrogens with zero attached hydrogens (tertiary/aromatic N) is 1. The molecule has 0 aliphatic heterocycles. The number of aromatic nitrogens is 1. The van der Waals surface area contributed by atoms with Gasteiger partial charge in [0.25, 0.3) is 0 Å². The van der Waals surface area contributed by atoms with Gasteiger partial charge in [0, 0.05) is 28.7 Å². The molecule has 5 heteroatoms. The third-order valence-electron chi connectivity index (χ3n) is 10.6. The molecule has 3 unspecified atom stereocenters. The number of ketones is 2. The number of hydrogen-bond donors (Lipinski definition) is 0. The molecule has 0 radical (unpaired) electrons. The molecule has 1 fully saturated rings. The maximum atomic E-state index is 16.5. The van der Waals surface area contributed by atoms with Crippen molar-refractivity contribution in [1.82, 2.24) is 4.98 Å².